The molecule has 4 rings (SSSR count). The highest BCUT2D eigenvalue weighted by Crippen LogP contribution is 2.35. The number of nitrogen functional groups attached to an aromatic ring is 1. The zero-order valence-electron chi connectivity index (χ0n) is 18.5. The molecule has 1 fully saturated rings. The van der Waals surface area contributed by atoms with Crippen LogP contribution in [0.4, 0.5) is 17.2 Å². The third-order valence-electron chi connectivity index (χ3n) is 6.30. The van der Waals surface area contributed by atoms with Crippen molar-refractivity contribution in [2.24, 2.45) is 0 Å². The minimum atomic E-state index is -0.588. The van der Waals surface area contributed by atoms with E-state index in [1.54, 1.807) is 16.7 Å². The number of fused-ring (bicyclic) bond motifs is 1. The van der Waals surface area contributed by atoms with Gasteiger partial charge >= 0.3 is 5.69 Å². The molecule has 2 heterocycles. The fraction of sp³-hybridized carbons (Fsp3) is 0.522. The second-order valence-corrected chi connectivity index (χ2v) is 9.57. The molecule has 1 aliphatic heterocycles. The molecule has 32 heavy (non-hydrogen) atoms. The summed E-state index contributed by atoms with van der Waals surface area (Å²) < 4.78 is 1.39. The number of aromatic nitrogens is 2. The number of carbonyl (C=O) groups is 1. The van der Waals surface area contributed by atoms with Crippen LogP contribution in [0.3, 0.4) is 0 Å². The van der Waals surface area contributed by atoms with Crippen LogP contribution in [0.15, 0.2) is 38.8 Å². The summed E-state index contributed by atoms with van der Waals surface area (Å²) in [7, 11) is 0. The van der Waals surface area contributed by atoms with E-state index in [1.807, 2.05) is 25.1 Å². The maximum atomic E-state index is 13.7. The van der Waals surface area contributed by atoms with Crippen LogP contribution in [0.1, 0.15) is 45.4 Å². The van der Waals surface area contributed by atoms with E-state index >= 15 is 0 Å². The lowest BCUT2D eigenvalue weighted by molar-refractivity contribution is -0.117. The van der Waals surface area contributed by atoms with Crippen molar-refractivity contribution in [1.82, 2.24) is 9.55 Å². The molecule has 0 saturated heterocycles. The molecule has 2 aromatic rings. The molecular formula is C23H31N5O3S. The zero-order valence-corrected chi connectivity index (χ0v) is 19.3. The van der Waals surface area contributed by atoms with E-state index in [9.17, 15) is 14.4 Å². The summed E-state index contributed by atoms with van der Waals surface area (Å²) in [5.41, 5.74) is 6.43. The maximum absolute atomic E-state index is 13.7. The van der Waals surface area contributed by atoms with Crippen LogP contribution in [0, 0.1) is 0 Å². The fourth-order valence-corrected chi connectivity index (χ4v) is 5.70. The van der Waals surface area contributed by atoms with Gasteiger partial charge in [-0.1, -0.05) is 38.3 Å². The first-order valence-electron chi connectivity index (χ1n) is 11.4. The predicted octanol–water partition coefficient (Wildman–Crippen LogP) is 2.81. The van der Waals surface area contributed by atoms with Crippen LogP contribution in [0.25, 0.3) is 0 Å². The zero-order chi connectivity index (χ0) is 22.7. The summed E-state index contributed by atoms with van der Waals surface area (Å²) in [5.74, 6) is 0.830. The number of hydrogen-bond donors (Lipinski definition) is 2. The van der Waals surface area contributed by atoms with Gasteiger partial charge in [0.05, 0.1) is 12.2 Å². The largest absolute Gasteiger partial charge is 0.383 e. The molecule has 1 aliphatic carbocycles. The Balaban J connectivity index is 1.71. The average Bonchev–Trinajstić information content (AvgIpc) is 3.31. The molecule has 0 spiro atoms. The minimum absolute atomic E-state index is 0.0852. The Morgan fingerprint density at radius 3 is 2.75 bits per heavy atom. The van der Waals surface area contributed by atoms with Crippen molar-refractivity contribution >= 4 is 34.9 Å². The van der Waals surface area contributed by atoms with Crippen LogP contribution in [-0.4, -0.2) is 40.3 Å². The molecule has 1 aromatic carbocycles. The number of anilines is 3. The molecule has 1 amide bonds. The van der Waals surface area contributed by atoms with E-state index in [0.717, 1.165) is 61.4 Å². The molecule has 1 aromatic heterocycles. The SMILES string of the molecule is CCCCn1c(N)c(N(C(=O)CN2CCSc3ccccc32)C2CCCC2)c(=O)[nH]c1=O. The average molecular weight is 458 g/mol. The highest BCUT2D eigenvalue weighted by atomic mass is 32.2. The van der Waals surface area contributed by atoms with Crippen molar-refractivity contribution < 1.29 is 4.79 Å². The summed E-state index contributed by atoms with van der Waals surface area (Å²) >= 11 is 1.79. The minimum Gasteiger partial charge on any atom is -0.383 e. The number of rotatable bonds is 7. The van der Waals surface area contributed by atoms with Gasteiger partial charge in [0.2, 0.25) is 5.91 Å². The van der Waals surface area contributed by atoms with Gasteiger partial charge in [0, 0.05) is 29.8 Å². The lowest BCUT2D eigenvalue weighted by Gasteiger charge is -2.35. The summed E-state index contributed by atoms with van der Waals surface area (Å²) in [6.45, 7) is 3.36. The Bertz CT molecular complexity index is 1090. The Labute approximate surface area is 191 Å². The van der Waals surface area contributed by atoms with Crippen LogP contribution >= 0.6 is 11.8 Å². The predicted molar refractivity (Wildman–Crippen MR) is 130 cm³/mol. The molecule has 8 nitrogen and oxygen atoms in total. The van der Waals surface area contributed by atoms with E-state index in [-0.39, 0.29) is 30.0 Å². The maximum Gasteiger partial charge on any atom is 0.330 e. The van der Waals surface area contributed by atoms with Gasteiger partial charge in [-0.3, -0.25) is 24.0 Å². The number of hydrogen-bond acceptors (Lipinski definition) is 6. The van der Waals surface area contributed by atoms with Crippen LogP contribution < -0.4 is 26.8 Å². The highest BCUT2D eigenvalue weighted by molar-refractivity contribution is 7.99. The number of nitrogens with two attached hydrogens (primary N) is 1. The third-order valence-corrected chi connectivity index (χ3v) is 7.34. The van der Waals surface area contributed by atoms with Gasteiger partial charge in [-0.05, 0) is 31.4 Å². The molecule has 0 atom stereocenters. The molecule has 0 bridgehead atoms. The summed E-state index contributed by atoms with van der Waals surface area (Å²) in [5, 5.41) is 0. The van der Waals surface area contributed by atoms with E-state index in [2.05, 4.69) is 16.0 Å². The second-order valence-electron chi connectivity index (χ2n) is 8.44. The van der Waals surface area contributed by atoms with Crippen molar-refractivity contribution in [1.29, 1.82) is 0 Å². The number of H-pyrrole nitrogens is 1. The number of nitrogens with zero attached hydrogens (tertiary/aromatic N) is 3. The monoisotopic (exact) mass is 457 g/mol. The Hall–Kier alpha value is -2.68. The van der Waals surface area contributed by atoms with Crippen molar-refractivity contribution in [2.45, 2.75) is 62.9 Å². The summed E-state index contributed by atoms with van der Waals surface area (Å²) in [6.07, 6.45) is 5.30. The number of unbranched alkanes of at least 4 members (excludes halogenated alkanes) is 1. The first-order valence-corrected chi connectivity index (χ1v) is 12.4. The van der Waals surface area contributed by atoms with Gasteiger partial charge in [0.15, 0.2) is 5.69 Å². The normalized spacial score (nSPS) is 16.2. The van der Waals surface area contributed by atoms with Crippen LogP contribution in [0.2, 0.25) is 0 Å². The first-order chi connectivity index (χ1) is 15.5. The molecular weight excluding hydrogens is 426 g/mol. The van der Waals surface area contributed by atoms with Crippen molar-refractivity contribution in [3.63, 3.8) is 0 Å². The summed E-state index contributed by atoms with van der Waals surface area (Å²) in [6, 6.07) is 7.99. The van der Waals surface area contributed by atoms with Crippen LogP contribution in [0.5, 0.6) is 0 Å². The van der Waals surface area contributed by atoms with E-state index in [1.165, 1.54) is 4.57 Å². The molecule has 2 aliphatic rings. The van der Waals surface area contributed by atoms with Crippen molar-refractivity contribution in [3.8, 4) is 0 Å². The smallest absolute Gasteiger partial charge is 0.330 e. The van der Waals surface area contributed by atoms with Gasteiger partial charge < -0.3 is 10.6 Å². The lowest BCUT2D eigenvalue weighted by Crippen LogP contribution is -2.49. The number of carbonyl (C=O) groups excluding carboxylic acids is 1. The molecule has 9 heteroatoms. The number of nitrogens with one attached hydrogen (secondary N) is 1. The van der Waals surface area contributed by atoms with Crippen molar-refractivity contribution in [2.75, 3.05) is 34.4 Å². The quantitative estimate of drug-likeness (QED) is 0.663. The standard InChI is InChI=1S/C23H31N5O3S/c1-2-3-12-27-21(24)20(22(30)25-23(27)31)28(16-8-4-5-9-16)19(29)15-26-13-14-32-18-11-7-6-10-17(18)26/h6-7,10-11,16H,2-5,8-9,12-15,24H2,1H3,(H,25,30,31). The number of thioether (sulfide) groups is 1. The Morgan fingerprint density at radius 1 is 1.25 bits per heavy atom. The highest BCUT2D eigenvalue weighted by Gasteiger charge is 2.34. The molecule has 0 unspecified atom stereocenters. The van der Waals surface area contributed by atoms with Gasteiger partial charge in [-0.25, -0.2) is 4.79 Å². The second kappa shape index (κ2) is 9.85. The van der Waals surface area contributed by atoms with E-state index in [4.69, 9.17) is 5.73 Å². The lowest BCUT2D eigenvalue weighted by atomic mass is 10.1. The molecule has 3 N–H and O–H groups in total. The van der Waals surface area contributed by atoms with Gasteiger partial charge in [0.1, 0.15) is 5.82 Å². The Morgan fingerprint density at radius 2 is 2.00 bits per heavy atom. The number of amides is 1. The topological polar surface area (TPSA) is 104 Å². The number of benzene rings is 1. The number of para-hydroxylation sites is 1. The molecule has 172 valence electrons. The van der Waals surface area contributed by atoms with E-state index in [0.29, 0.717) is 6.54 Å². The summed E-state index contributed by atoms with van der Waals surface area (Å²) in [4.78, 5) is 46.2. The van der Waals surface area contributed by atoms with Crippen molar-refractivity contribution in [3.05, 3.63) is 45.1 Å². The first kappa shape index (κ1) is 22.5. The number of aromatic amines is 1. The van der Waals surface area contributed by atoms with Gasteiger partial charge in [-0.15, -0.1) is 11.8 Å². The van der Waals surface area contributed by atoms with Gasteiger partial charge in [0.25, 0.3) is 5.56 Å². The van der Waals surface area contributed by atoms with Crippen LogP contribution in [-0.2, 0) is 11.3 Å². The van der Waals surface area contributed by atoms with Gasteiger partial charge in [-0.2, -0.15) is 0 Å². The molecule has 1 saturated carbocycles. The molecule has 0 radical (unpaired) electrons. The fourth-order valence-electron chi connectivity index (χ4n) is 4.65. The van der Waals surface area contributed by atoms with E-state index < -0.39 is 11.2 Å². The Kier molecular flexibility index (Phi) is 6.93. The third kappa shape index (κ3) is 4.44.